The summed E-state index contributed by atoms with van der Waals surface area (Å²) in [5.41, 5.74) is 0.866. The van der Waals surface area contributed by atoms with E-state index in [-0.39, 0.29) is 61.6 Å². The molecule has 230 valence electrons. The third-order valence-electron chi connectivity index (χ3n) is 4.99. The molecule has 14 nitrogen and oxygen atoms in total. The molecule has 0 radical (unpaired) electrons. The summed E-state index contributed by atoms with van der Waals surface area (Å²) in [6.07, 6.45) is -0.253. The number of carbonyl (C=O) groups excluding carboxylic acids is 3. The largest absolute Gasteiger partial charge is 0.426 e. The Labute approximate surface area is 257 Å². The van der Waals surface area contributed by atoms with E-state index >= 15 is 0 Å². The molecule has 0 aliphatic carbocycles. The average molecular weight is 654 g/mol. The van der Waals surface area contributed by atoms with Gasteiger partial charge in [0.1, 0.15) is 20.9 Å². The van der Waals surface area contributed by atoms with Crippen molar-refractivity contribution in [1.29, 1.82) is 0 Å². The number of anilines is 1. The molecule has 0 spiro atoms. The molecule has 0 unspecified atom stereocenters. The van der Waals surface area contributed by atoms with Gasteiger partial charge in [-0.25, -0.2) is 4.79 Å². The number of nitrogens with zero attached hydrogens (tertiary/aromatic N) is 2. The zero-order valence-electron chi connectivity index (χ0n) is 23.0. The highest BCUT2D eigenvalue weighted by Crippen LogP contribution is 2.31. The minimum Gasteiger partial charge on any atom is -0.426 e. The van der Waals surface area contributed by atoms with E-state index in [9.17, 15) is 34.6 Å². The number of hydrogen-bond acceptors (Lipinski definition) is 14. The highest BCUT2D eigenvalue weighted by atomic mass is 32.9. The summed E-state index contributed by atoms with van der Waals surface area (Å²) in [5, 5.41) is 21.1. The van der Waals surface area contributed by atoms with Gasteiger partial charge in [-0.2, -0.15) is 0 Å². The quantitative estimate of drug-likeness (QED) is 0.0369. The summed E-state index contributed by atoms with van der Waals surface area (Å²) in [6, 6.07) is 12.4. The molecule has 0 bridgehead atoms. The van der Waals surface area contributed by atoms with Gasteiger partial charge in [0.15, 0.2) is 0 Å². The molecule has 1 amide bonds. The first-order valence-corrected chi connectivity index (χ1v) is 15.3. The molecule has 1 aromatic heterocycles. The van der Waals surface area contributed by atoms with Crippen LogP contribution in [0.2, 0.25) is 0 Å². The van der Waals surface area contributed by atoms with E-state index in [1.54, 1.807) is 24.3 Å². The van der Waals surface area contributed by atoms with Crippen LogP contribution in [0.4, 0.5) is 5.69 Å². The number of amides is 1. The lowest BCUT2D eigenvalue weighted by atomic mass is 10.1. The SMILES string of the molecule is CC.O=C(CCCO[N+](=O)[O-])Nc1ccc(OC(=O)CCCO[N+](=O)[O-])c(C(=O)Oc2ccc(-c3cc(=S)ss3)cc2)c1. The topological polar surface area (TPSA) is 186 Å². The maximum Gasteiger partial charge on any atom is 0.347 e. The second kappa shape index (κ2) is 18.1. The molecule has 1 heterocycles. The van der Waals surface area contributed by atoms with E-state index in [0.717, 1.165) is 14.3 Å². The average Bonchev–Trinajstić information content (AvgIpc) is 3.41. The Morgan fingerprint density at radius 1 is 0.860 bits per heavy atom. The van der Waals surface area contributed by atoms with Gasteiger partial charge in [-0.15, -0.1) is 20.2 Å². The van der Waals surface area contributed by atoms with Crippen LogP contribution >= 0.6 is 32.9 Å². The Bertz CT molecular complexity index is 1470. The van der Waals surface area contributed by atoms with Gasteiger partial charge in [-0.1, -0.05) is 46.7 Å². The van der Waals surface area contributed by atoms with E-state index in [2.05, 4.69) is 15.0 Å². The van der Waals surface area contributed by atoms with Crippen molar-refractivity contribution in [2.45, 2.75) is 39.5 Å². The van der Waals surface area contributed by atoms with Crippen molar-refractivity contribution in [3.63, 3.8) is 0 Å². The third kappa shape index (κ3) is 12.5. The highest BCUT2D eigenvalue weighted by molar-refractivity contribution is 7.80. The van der Waals surface area contributed by atoms with Crippen molar-refractivity contribution in [3.05, 3.63) is 78.1 Å². The lowest BCUT2D eigenvalue weighted by Crippen LogP contribution is -2.17. The van der Waals surface area contributed by atoms with Gasteiger partial charge in [-0.3, -0.25) is 9.59 Å². The molecule has 0 aliphatic rings. The van der Waals surface area contributed by atoms with Crippen LogP contribution in [0.1, 0.15) is 49.9 Å². The zero-order valence-corrected chi connectivity index (χ0v) is 25.4. The van der Waals surface area contributed by atoms with Crippen LogP contribution in [0, 0.1) is 24.1 Å². The van der Waals surface area contributed by atoms with Crippen molar-refractivity contribution < 1.29 is 43.7 Å². The first-order chi connectivity index (χ1) is 20.6. The van der Waals surface area contributed by atoms with E-state index in [1.807, 2.05) is 19.9 Å². The molecule has 0 atom stereocenters. The zero-order chi connectivity index (χ0) is 31.8. The minimum atomic E-state index is -0.980. The van der Waals surface area contributed by atoms with Gasteiger partial charge in [0.25, 0.3) is 10.2 Å². The van der Waals surface area contributed by atoms with Crippen molar-refractivity contribution >= 4 is 56.4 Å². The summed E-state index contributed by atoms with van der Waals surface area (Å²) in [4.78, 5) is 67.4. The molecule has 3 aromatic rings. The Morgan fingerprint density at radius 2 is 1.49 bits per heavy atom. The van der Waals surface area contributed by atoms with Crippen LogP contribution in [0.15, 0.2) is 48.5 Å². The Morgan fingerprint density at radius 3 is 2.07 bits per heavy atom. The summed E-state index contributed by atoms with van der Waals surface area (Å²) in [5.74, 6) is -2.14. The van der Waals surface area contributed by atoms with Gasteiger partial charge in [0, 0.05) is 23.4 Å². The molecule has 0 saturated heterocycles. The van der Waals surface area contributed by atoms with Crippen molar-refractivity contribution in [1.82, 2.24) is 0 Å². The standard InChI is InChI=1S/C24H21N3O11S3.C2H6/c28-21(3-1-11-35-26(31)32)25-16-7-10-19(38-22(29)4-2-12-36-27(33)34)18(13-16)24(30)37-17-8-5-15(6-9-17)20-14-23(39)41-40-20;1-2/h5-10,13-14H,1-4,11-12H2,(H,25,28);1-2H3. The van der Waals surface area contributed by atoms with Gasteiger partial charge in [-0.05, 0) is 66.9 Å². The molecule has 0 saturated carbocycles. The molecule has 43 heavy (non-hydrogen) atoms. The molecule has 1 N–H and O–H groups in total. The lowest BCUT2D eigenvalue weighted by Gasteiger charge is -2.13. The van der Waals surface area contributed by atoms with Gasteiger partial charge in [0.05, 0.1) is 13.2 Å². The number of esters is 2. The first-order valence-electron chi connectivity index (χ1n) is 12.7. The fourth-order valence-electron chi connectivity index (χ4n) is 3.20. The summed E-state index contributed by atoms with van der Waals surface area (Å²) in [6.45, 7) is 3.42. The van der Waals surface area contributed by atoms with E-state index in [4.69, 9.17) is 21.7 Å². The van der Waals surface area contributed by atoms with Gasteiger partial charge < -0.3 is 24.5 Å². The molecular weight excluding hydrogens is 626 g/mol. The molecular formula is C26H27N3O11S3. The predicted octanol–water partition coefficient (Wildman–Crippen LogP) is 6.27. The molecule has 0 fully saturated rings. The monoisotopic (exact) mass is 653 g/mol. The number of benzene rings is 2. The molecule has 2 aromatic carbocycles. The second-order valence-electron chi connectivity index (χ2n) is 7.96. The molecule has 3 rings (SSSR count). The van der Waals surface area contributed by atoms with Crippen LogP contribution in [0.25, 0.3) is 10.4 Å². The lowest BCUT2D eigenvalue weighted by molar-refractivity contribution is -0.757. The number of hydrogen-bond donors (Lipinski definition) is 1. The first kappa shape index (κ1) is 34.7. The van der Waals surface area contributed by atoms with Crippen LogP contribution < -0.4 is 14.8 Å². The molecule has 0 aliphatic heterocycles. The number of ether oxygens (including phenoxy) is 2. The minimum absolute atomic E-state index is 0.00179. The smallest absolute Gasteiger partial charge is 0.347 e. The van der Waals surface area contributed by atoms with Crippen molar-refractivity contribution in [3.8, 4) is 21.9 Å². The number of nitrogens with one attached hydrogen (secondary N) is 1. The maximum absolute atomic E-state index is 13.1. The van der Waals surface area contributed by atoms with Crippen LogP contribution in [-0.4, -0.2) is 41.2 Å². The fraction of sp³-hybridized carbons (Fsp3) is 0.308. The summed E-state index contributed by atoms with van der Waals surface area (Å²) in [7, 11) is 2.98. The van der Waals surface area contributed by atoms with Gasteiger partial charge in [0.2, 0.25) is 5.91 Å². The summed E-state index contributed by atoms with van der Waals surface area (Å²) >= 11 is 5.16. The van der Waals surface area contributed by atoms with Crippen LogP contribution in [0.3, 0.4) is 0 Å². The van der Waals surface area contributed by atoms with Crippen LogP contribution in [0.5, 0.6) is 11.5 Å². The van der Waals surface area contributed by atoms with E-state index in [1.165, 1.54) is 38.9 Å². The Kier molecular flexibility index (Phi) is 14.6. The Balaban J connectivity index is 0.00000316. The second-order valence-corrected chi connectivity index (χ2v) is 10.9. The van der Waals surface area contributed by atoms with Crippen molar-refractivity contribution in [2.75, 3.05) is 18.5 Å². The summed E-state index contributed by atoms with van der Waals surface area (Å²) < 4.78 is 11.5. The third-order valence-corrected chi connectivity index (χ3v) is 7.90. The van der Waals surface area contributed by atoms with Gasteiger partial charge >= 0.3 is 11.9 Å². The fourth-order valence-corrected chi connectivity index (χ4v) is 5.61. The predicted molar refractivity (Wildman–Crippen MR) is 160 cm³/mol. The maximum atomic E-state index is 13.1. The number of carbonyl (C=O) groups is 3. The van der Waals surface area contributed by atoms with Crippen molar-refractivity contribution in [2.24, 2.45) is 0 Å². The van der Waals surface area contributed by atoms with Crippen LogP contribution in [-0.2, 0) is 19.3 Å². The van der Waals surface area contributed by atoms with E-state index < -0.39 is 28.0 Å². The highest BCUT2D eigenvalue weighted by Gasteiger charge is 2.20. The number of rotatable bonds is 15. The van der Waals surface area contributed by atoms with E-state index in [0.29, 0.717) is 0 Å². The normalized spacial score (nSPS) is 10.0. The molecule has 17 heteroatoms. The Hall–Kier alpha value is -4.48.